The van der Waals surface area contributed by atoms with Crippen LogP contribution in [0.15, 0.2) is 30.9 Å². The van der Waals surface area contributed by atoms with Crippen molar-refractivity contribution in [1.29, 1.82) is 5.26 Å². The number of hydrogen-bond acceptors (Lipinski definition) is 8. The van der Waals surface area contributed by atoms with Crippen LogP contribution in [0.25, 0.3) is 0 Å². The number of likely N-dealkylation sites (tertiary alicyclic amines) is 1. The summed E-state index contributed by atoms with van der Waals surface area (Å²) in [5.74, 6) is -0.966. The van der Waals surface area contributed by atoms with Gasteiger partial charge in [-0.05, 0) is 63.4 Å². The number of piperazine rings is 1. The van der Waals surface area contributed by atoms with Crippen molar-refractivity contribution >= 4 is 17.4 Å². The summed E-state index contributed by atoms with van der Waals surface area (Å²) in [6.45, 7) is 8.51. The van der Waals surface area contributed by atoms with Crippen molar-refractivity contribution in [2.45, 2.75) is 57.3 Å². The molecule has 0 bridgehead atoms. The van der Waals surface area contributed by atoms with Crippen molar-refractivity contribution in [3.05, 3.63) is 53.5 Å². The molecule has 1 saturated carbocycles. The molecule has 4 heterocycles. The van der Waals surface area contributed by atoms with Crippen LogP contribution in [0.4, 0.5) is 29.1 Å². The van der Waals surface area contributed by atoms with E-state index in [1.54, 1.807) is 4.90 Å². The minimum atomic E-state index is -4.86. The molecule has 0 spiro atoms. The average Bonchev–Trinajstić information content (AvgIpc) is 3.59. The van der Waals surface area contributed by atoms with Gasteiger partial charge >= 0.3 is 12.2 Å². The van der Waals surface area contributed by atoms with Gasteiger partial charge in [0.1, 0.15) is 17.2 Å². The van der Waals surface area contributed by atoms with E-state index < -0.39 is 17.6 Å². The summed E-state index contributed by atoms with van der Waals surface area (Å²) < 4.78 is 62.5. The van der Waals surface area contributed by atoms with Crippen LogP contribution in [0.3, 0.4) is 0 Å². The second-order valence-electron chi connectivity index (χ2n) is 12.5. The second-order valence-corrected chi connectivity index (χ2v) is 12.5. The van der Waals surface area contributed by atoms with Crippen LogP contribution < -0.4 is 14.5 Å². The number of rotatable bonds is 9. The third-order valence-corrected chi connectivity index (χ3v) is 9.43. The highest BCUT2D eigenvalue weighted by Crippen LogP contribution is 2.47. The SMILES string of the molecule is C=CC(=O)N1CCN(c2nc(OCC3(CN4CCCC4)CC3)nc3c2CCN(c2cccc(F)c2C(F)(F)F)C3)C[C@@H]1CC#N. The lowest BCUT2D eigenvalue weighted by atomic mass is 10.0. The third-order valence-electron chi connectivity index (χ3n) is 9.43. The van der Waals surface area contributed by atoms with Crippen LogP contribution in [0.2, 0.25) is 0 Å². The van der Waals surface area contributed by atoms with Crippen LogP contribution >= 0.6 is 0 Å². The van der Waals surface area contributed by atoms with Gasteiger partial charge in [-0.1, -0.05) is 12.6 Å². The van der Waals surface area contributed by atoms with Crippen molar-refractivity contribution in [2.24, 2.45) is 5.41 Å². The lowest BCUT2D eigenvalue weighted by Gasteiger charge is -2.42. The molecule has 0 unspecified atom stereocenters. The van der Waals surface area contributed by atoms with Crippen LogP contribution in [0.1, 0.15) is 48.9 Å². The maximum Gasteiger partial charge on any atom is 0.421 e. The predicted octanol–water partition coefficient (Wildman–Crippen LogP) is 4.57. The number of nitriles is 1. The maximum atomic E-state index is 14.5. The summed E-state index contributed by atoms with van der Waals surface area (Å²) in [6.07, 6.45) is 1.32. The average molecular weight is 628 g/mol. The van der Waals surface area contributed by atoms with E-state index in [1.165, 1.54) is 36.0 Å². The van der Waals surface area contributed by atoms with Crippen LogP contribution in [-0.2, 0) is 23.9 Å². The predicted molar refractivity (Wildman–Crippen MR) is 159 cm³/mol. The van der Waals surface area contributed by atoms with Gasteiger partial charge in [-0.15, -0.1) is 0 Å². The van der Waals surface area contributed by atoms with Crippen molar-refractivity contribution in [3.63, 3.8) is 0 Å². The molecule has 13 heteroatoms. The van der Waals surface area contributed by atoms with Gasteiger partial charge in [0.25, 0.3) is 0 Å². The lowest BCUT2D eigenvalue weighted by Crippen LogP contribution is -2.55. The number of carbonyl (C=O) groups is 1. The zero-order valence-corrected chi connectivity index (χ0v) is 25.2. The summed E-state index contributed by atoms with van der Waals surface area (Å²) in [5.41, 5.74) is -0.193. The fraction of sp³-hybridized carbons (Fsp3) is 0.562. The number of ether oxygens (including phenoxy) is 1. The zero-order valence-electron chi connectivity index (χ0n) is 25.2. The largest absolute Gasteiger partial charge is 0.463 e. The van der Waals surface area contributed by atoms with Crippen molar-refractivity contribution in [3.8, 4) is 12.1 Å². The Labute approximate surface area is 260 Å². The molecular formula is C32H37F4N7O2. The molecule has 2 saturated heterocycles. The van der Waals surface area contributed by atoms with Gasteiger partial charge in [-0.2, -0.15) is 28.4 Å². The minimum Gasteiger partial charge on any atom is -0.463 e. The molecule has 1 aromatic carbocycles. The number of fused-ring (bicyclic) bond motifs is 1. The number of alkyl halides is 3. The van der Waals surface area contributed by atoms with E-state index in [1.807, 2.05) is 4.90 Å². The van der Waals surface area contributed by atoms with E-state index in [-0.39, 0.29) is 48.6 Å². The summed E-state index contributed by atoms with van der Waals surface area (Å²) in [5, 5.41) is 9.48. The van der Waals surface area contributed by atoms with Gasteiger partial charge in [0, 0.05) is 43.7 Å². The summed E-state index contributed by atoms with van der Waals surface area (Å²) >= 11 is 0. The first-order valence-electron chi connectivity index (χ1n) is 15.5. The Hall–Kier alpha value is -3.92. The van der Waals surface area contributed by atoms with Crippen molar-refractivity contribution < 1.29 is 27.1 Å². The quantitative estimate of drug-likeness (QED) is 0.295. The van der Waals surface area contributed by atoms with E-state index in [0.717, 1.165) is 44.1 Å². The Kier molecular flexibility index (Phi) is 8.61. The molecule has 1 atom stereocenters. The van der Waals surface area contributed by atoms with Crippen LogP contribution in [0.5, 0.6) is 6.01 Å². The summed E-state index contributed by atoms with van der Waals surface area (Å²) in [7, 11) is 0. The zero-order chi connectivity index (χ0) is 31.8. The van der Waals surface area contributed by atoms with Gasteiger partial charge in [0.15, 0.2) is 0 Å². The highest BCUT2D eigenvalue weighted by atomic mass is 19.4. The molecule has 240 valence electrons. The molecular weight excluding hydrogens is 590 g/mol. The number of hydrogen-bond donors (Lipinski definition) is 0. The number of halogens is 4. The number of benzene rings is 1. The van der Waals surface area contributed by atoms with E-state index in [2.05, 4.69) is 17.5 Å². The molecule has 3 aliphatic heterocycles. The number of anilines is 2. The number of amides is 1. The second kappa shape index (κ2) is 12.5. The molecule has 0 N–H and O–H groups in total. The molecule has 2 aromatic rings. The molecule has 6 rings (SSSR count). The lowest BCUT2D eigenvalue weighted by molar-refractivity contribution is -0.139. The maximum absolute atomic E-state index is 14.5. The molecule has 4 aliphatic rings. The van der Waals surface area contributed by atoms with Crippen LogP contribution in [-0.4, -0.2) is 84.1 Å². The number of aromatic nitrogens is 2. The number of carbonyl (C=O) groups excluding carboxylic acids is 1. The Morgan fingerprint density at radius 2 is 1.91 bits per heavy atom. The van der Waals surface area contributed by atoms with Crippen LogP contribution in [0, 0.1) is 22.6 Å². The summed E-state index contributed by atoms with van der Waals surface area (Å²) in [6, 6.07) is 5.31. The van der Waals surface area contributed by atoms with Gasteiger partial charge < -0.3 is 24.3 Å². The summed E-state index contributed by atoms with van der Waals surface area (Å²) in [4.78, 5) is 29.7. The Balaban J connectivity index is 1.31. The molecule has 9 nitrogen and oxygen atoms in total. The Bertz CT molecular complexity index is 1480. The highest BCUT2D eigenvalue weighted by molar-refractivity contribution is 5.87. The molecule has 1 aliphatic carbocycles. The standard InChI is InChI=1S/C32H37F4N7O2/c1-2-27(44)43-17-16-42(18-22(43)8-12-37)29-23-9-15-41(26-7-5-6-24(33)28(26)32(34,35)36)19-25(23)38-30(39-29)45-21-31(10-11-31)20-40-13-3-4-14-40/h2,5-7,22H,1,3-4,8-11,13-21H2/t22-/m0/s1. The topological polar surface area (TPSA) is 88.8 Å². The highest BCUT2D eigenvalue weighted by Gasteiger charge is 2.45. The molecule has 3 fully saturated rings. The van der Waals surface area contributed by atoms with E-state index in [9.17, 15) is 27.6 Å². The van der Waals surface area contributed by atoms with Gasteiger partial charge in [-0.3, -0.25) is 4.79 Å². The smallest absolute Gasteiger partial charge is 0.421 e. The van der Waals surface area contributed by atoms with E-state index >= 15 is 0 Å². The third kappa shape index (κ3) is 6.57. The van der Waals surface area contributed by atoms with E-state index in [0.29, 0.717) is 44.2 Å². The van der Waals surface area contributed by atoms with Gasteiger partial charge in [0.2, 0.25) is 5.91 Å². The monoisotopic (exact) mass is 627 g/mol. The molecule has 0 radical (unpaired) electrons. The normalized spacial score (nSPS) is 21.3. The van der Waals surface area contributed by atoms with E-state index in [4.69, 9.17) is 14.7 Å². The molecule has 1 aromatic heterocycles. The minimum absolute atomic E-state index is 0.0171. The molecule has 45 heavy (non-hydrogen) atoms. The fourth-order valence-corrected chi connectivity index (χ4v) is 6.87. The molecule has 1 amide bonds. The first-order valence-corrected chi connectivity index (χ1v) is 15.5. The Morgan fingerprint density at radius 1 is 1.13 bits per heavy atom. The van der Waals surface area contributed by atoms with Crippen molar-refractivity contribution in [1.82, 2.24) is 19.8 Å². The first kappa shape index (κ1) is 31.1. The number of nitrogens with zero attached hydrogens (tertiary/aromatic N) is 7. The first-order chi connectivity index (χ1) is 21.6. The van der Waals surface area contributed by atoms with Gasteiger partial charge in [0.05, 0.1) is 43.1 Å². The van der Waals surface area contributed by atoms with Crippen molar-refractivity contribution in [2.75, 3.05) is 62.2 Å². The fourth-order valence-electron chi connectivity index (χ4n) is 6.87. The van der Waals surface area contributed by atoms with Gasteiger partial charge in [-0.25, -0.2) is 4.39 Å². The Morgan fingerprint density at radius 3 is 2.60 bits per heavy atom.